The minimum atomic E-state index is -0.363. The third-order valence-corrected chi connectivity index (χ3v) is 5.63. The Morgan fingerprint density at radius 1 is 1.07 bits per heavy atom. The monoisotopic (exact) mass is 409 g/mol. The molecule has 1 aliphatic rings. The predicted molar refractivity (Wildman–Crippen MR) is 114 cm³/mol. The molecule has 5 rings (SSSR count). The lowest BCUT2D eigenvalue weighted by Gasteiger charge is -2.34. The van der Waals surface area contributed by atoms with Crippen LogP contribution in [0.1, 0.15) is 5.69 Å². The number of nitrogens with zero attached hydrogens (tertiary/aromatic N) is 5. The van der Waals surface area contributed by atoms with Crippen molar-refractivity contribution in [3.63, 3.8) is 0 Å². The summed E-state index contributed by atoms with van der Waals surface area (Å²) in [6.45, 7) is 5.76. The summed E-state index contributed by atoms with van der Waals surface area (Å²) < 4.78 is 7.42. The molecule has 1 aromatic carbocycles. The van der Waals surface area contributed by atoms with E-state index in [2.05, 4.69) is 32.9 Å². The molecule has 0 unspecified atom stereocenters. The van der Waals surface area contributed by atoms with Crippen LogP contribution >= 0.6 is 11.6 Å². The van der Waals surface area contributed by atoms with Crippen LogP contribution in [0.2, 0.25) is 5.15 Å². The van der Waals surface area contributed by atoms with E-state index in [-0.39, 0.29) is 5.63 Å². The molecular formula is C21H20ClN5O2. The Hall–Kier alpha value is -2.90. The topological polar surface area (TPSA) is 66.9 Å². The highest BCUT2D eigenvalue weighted by Crippen LogP contribution is 2.26. The number of rotatable bonds is 2. The zero-order valence-corrected chi connectivity index (χ0v) is 17.0. The van der Waals surface area contributed by atoms with Crippen molar-refractivity contribution in [3.05, 3.63) is 57.9 Å². The second kappa shape index (κ2) is 6.86. The Kier molecular flexibility index (Phi) is 4.29. The number of piperazine rings is 1. The van der Waals surface area contributed by atoms with Gasteiger partial charge in [0.05, 0.1) is 11.1 Å². The summed E-state index contributed by atoms with van der Waals surface area (Å²) in [6, 6.07) is 7.82. The fraction of sp³-hybridized carbons (Fsp3) is 0.286. The van der Waals surface area contributed by atoms with E-state index in [4.69, 9.17) is 16.0 Å². The number of fused-ring (bicyclic) bond motifs is 2. The molecule has 4 aromatic rings. The summed E-state index contributed by atoms with van der Waals surface area (Å²) >= 11 is 6.03. The number of hydrogen-bond donors (Lipinski definition) is 0. The van der Waals surface area contributed by atoms with Crippen LogP contribution < -0.4 is 10.5 Å². The summed E-state index contributed by atoms with van der Waals surface area (Å²) in [5.74, 6) is 0.425. The highest BCUT2D eigenvalue weighted by Gasteiger charge is 2.17. The van der Waals surface area contributed by atoms with Crippen LogP contribution in [0.5, 0.6) is 0 Å². The van der Waals surface area contributed by atoms with Gasteiger partial charge >= 0.3 is 5.63 Å². The van der Waals surface area contributed by atoms with Crippen LogP contribution in [-0.4, -0.2) is 52.5 Å². The van der Waals surface area contributed by atoms with E-state index in [9.17, 15) is 4.79 Å². The van der Waals surface area contributed by atoms with E-state index < -0.39 is 0 Å². The van der Waals surface area contributed by atoms with E-state index in [1.165, 1.54) is 0 Å². The van der Waals surface area contributed by atoms with Gasteiger partial charge in [-0.25, -0.2) is 14.8 Å². The quantitative estimate of drug-likeness (QED) is 0.506. The number of halogens is 1. The van der Waals surface area contributed by atoms with E-state index in [0.717, 1.165) is 37.3 Å². The highest BCUT2D eigenvalue weighted by atomic mass is 35.5. The van der Waals surface area contributed by atoms with Crippen LogP contribution in [0.3, 0.4) is 0 Å². The lowest BCUT2D eigenvalue weighted by atomic mass is 10.1. The smallest absolute Gasteiger partial charge is 0.344 e. The lowest BCUT2D eigenvalue weighted by molar-refractivity contribution is 0.313. The van der Waals surface area contributed by atoms with Gasteiger partial charge in [0, 0.05) is 44.3 Å². The Morgan fingerprint density at radius 2 is 1.86 bits per heavy atom. The fourth-order valence-corrected chi connectivity index (χ4v) is 4.02. The van der Waals surface area contributed by atoms with Crippen molar-refractivity contribution in [1.82, 2.24) is 19.3 Å². The summed E-state index contributed by atoms with van der Waals surface area (Å²) in [5.41, 5.74) is 2.65. The molecule has 0 saturated carbocycles. The first-order chi connectivity index (χ1) is 14.0. The molecular weight excluding hydrogens is 390 g/mol. The molecule has 0 N–H and O–H groups in total. The Balaban J connectivity index is 1.56. The Labute approximate surface area is 172 Å². The predicted octanol–water partition coefficient (Wildman–Crippen LogP) is 3.22. The molecule has 8 heteroatoms. The summed E-state index contributed by atoms with van der Waals surface area (Å²) in [6.07, 6.45) is 3.47. The fourth-order valence-electron chi connectivity index (χ4n) is 3.79. The third kappa shape index (κ3) is 3.26. The summed E-state index contributed by atoms with van der Waals surface area (Å²) in [4.78, 5) is 26.1. The molecule has 1 saturated heterocycles. The molecule has 0 bridgehead atoms. The molecule has 0 spiro atoms. The maximum Gasteiger partial charge on any atom is 0.344 e. The molecule has 1 fully saturated rings. The molecule has 7 nitrogen and oxygen atoms in total. The van der Waals surface area contributed by atoms with Gasteiger partial charge in [0.15, 0.2) is 11.4 Å². The van der Waals surface area contributed by atoms with Crippen molar-refractivity contribution < 1.29 is 4.42 Å². The van der Waals surface area contributed by atoms with Gasteiger partial charge in [0.2, 0.25) is 0 Å². The number of likely N-dealkylation sites (N-methyl/N-ethyl adjacent to an activating group) is 1. The number of hydrogen-bond acceptors (Lipinski definition) is 6. The van der Waals surface area contributed by atoms with Gasteiger partial charge < -0.3 is 18.6 Å². The minimum absolute atomic E-state index is 0.363. The van der Waals surface area contributed by atoms with Crippen LogP contribution in [-0.2, 0) is 0 Å². The van der Waals surface area contributed by atoms with Crippen LogP contribution in [0.25, 0.3) is 27.9 Å². The van der Waals surface area contributed by atoms with Gasteiger partial charge in [-0.05, 0) is 37.6 Å². The summed E-state index contributed by atoms with van der Waals surface area (Å²) in [5, 5.41) is 1.80. The van der Waals surface area contributed by atoms with Crippen molar-refractivity contribution in [1.29, 1.82) is 0 Å². The number of anilines is 1. The zero-order chi connectivity index (χ0) is 20.1. The Morgan fingerprint density at radius 3 is 2.66 bits per heavy atom. The molecule has 0 atom stereocenters. The van der Waals surface area contributed by atoms with Gasteiger partial charge in [0.25, 0.3) is 0 Å². The van der Waals surface area contributed by atoms with Crippen molar-refractivity contribution >= 4 is 33.7 Å². The normalized spacial score (nSPS) is 15.5. The molecule has 0 amide bonds. The standard InChI is InChI=1S/C21H20ClN5O2/c1-13-20-24-17(11-27(20)12-19(22)23-13)18-9-14-3-4-15(10-16(14)21(28)29-18)26-7-5-25(2)6-8-26/h3-4,9-12H,5-8H2,1-2H3. The van der Waals surface area contributed by atoms with E-state index in [1.807, 2.05) is 25.1 Å². The molecule has 1 aliphatic heterocycles. The van der Waals surface area contributed by atoms with Crippen LogP contribution in [0.15, 0.2) is 45.9 Å². The van der Waals surface area contributed by atoms with Gasteiger partial charge in [-0.15, -0.1) is 0 Å². The molecule has 0 radical (unpaired) electrons. The molecule has 3 aromatic heterocycles. The SMILES string of the molecule is Cc1nc(Cl)cn2cc(-c3cc4ccc(N5CCN(C)CC5)cc4c(=O)o3)nc12. The van der Waals surface area contributed by atoms with Crippen LogP contribution in [0.4, 0.5) is 5.69 Å². The summed E-state index contributed by atoms with van der Waals surface area (Å²) in [7, 11) is 2.12. The first kappa shape index (κ1) is 18.1. The molecule has 4 heterocycles. The second-order valence-corrected chi connectivity index (χ2v) is 7.85. The maximum absolute atomic E-state index is 12.7. The minimum Gasteiger partial charge on any atom is -0.421 e. The molecule has 0 aliphatic carbocycles. The number of aromatic nitrogens is 3. The number of benzene rings is 1. The first-order valence-corrected chi connectivity index (χ1v) is 9.89. The van der Waals surface area contributed by atoms with Crippen molar-refractivity contribution in [3.8, 4) is 11.5 Å². The van der Waals surface area contributed by atoms with Crippen LogP contribution in [0, 0.1) is 6.92 Å². The maximum atomic E-state index is 12.7. The third-order valence-electron chi connectivity index (χ3n) is 5.44. The van der Waals surface area contributed by atoms with Gasteiger partial charge in [0.1, 0.15) is 10.8 Å². The average Bonchev–Trinajstić information content (AvgIpc) is 3.13. The number of imidazole rings is 1. The average molecular weight is 410 g/mol. The highest BCUT2D eigenvalue weighted by molar-refractivity contribution is 6.29. The molecule has 29 heavy (non-hydrogen) atoms. The van der Waals surface area contributed by atoms with Crippen molar-refractivity contribution in [2.45, 2.75) is 6.92 Å². The zero-order valence-electron chi connectivity index (χ0n) is 16.2. The molecule has 148 valence electrons. The Bertz CT molecular complexity index is 1290. The van der Waals surface area contributed by atoms with Gasteiger partial charge in [-0.1, -0.05) is 17.7 Å². The number of aryl methyl sites for hydroxylation is 1. The van der Waals surface area contributed by atoms with Crippen molar-refractivity contribution in [2.24, 2.45) is 0 Å². The van der Waals surface area contributed by atoms with Crippen molar-refractivity contribution in [2.75, 3.05) is 38.1 Å². The lowest BCUT2D eigenvalue weighted by Crippen LogP contribution is -2.44. The second-order valence-electron chi connectivity index (χ2n) is 7.47. The van der Waals surface area contributed by atoms with E-state index in [1.54, 1.807) is 16.8 Å². The van der Waals surface area contributed by atoms with Gasteiger partial charge in [-0.3, -0.25) is 0 Å². The van der Waals surface area contributed by atoms with Gasteiger partial charge in [-0.2, -0.15) is 0 Å². The van der Waals surface area contributed by atoms with E-state index >= 15 is 0 Å². The largest absolute Gasteiger partial charge is 0.421 e. The van der Waals surface area contributed by atoms with E-state index in [0.29, 0.717) is 33.3 Å². The first-order valence-electron chi connectivity index (χ1n) is 9.51.